The molecule has 0 saturated heterocycles. The van der Waals surface area contributed by atoms with Crippen LogP contribution in [0.5, 0.6) is 0 Å². The molecule has 0 spiro atoms. The molecule has 106 valence electrons. The van der Waals surface area contributed by atoms with Crippen molar-refractivity contribution in [3.8, 4) is 0 Å². The average Bonchev–Trinajstić information content (AvgIpc) is 2.30. The van der Waals surface area contributed by atoms with Gasteiger partial charge in [0, 0.05) is 12.6 Å². The number of benzene rings is 1. The monoisotopic (exact) mass is 290 g/mol. The molecule has 0 heterocycles. The molecule has 7 heteroatoms. The molecule has 1 aromatic carbocycles. The fourth-order valence-electron chi connectivity index (χ4n) is 2.21. The lowest BCUT2D eigenvalue weighted by molar-refractivity contribution is 0.270. The third-order valence-electron chi connectivity index (χ3n) is 3.28. The fraction of sp³-hybridized carbons (Fsp3) is 0.500. The Labute approximate surface area is 111 Å². The van der Waals surface area contributed by atoms with Gasteiger partial charge < -0.3 is 5.73 Å². The van der Waals surface area contributed by atoms with Gasteiger partial charge in [0.2, 0.25) is 10.0 Å². The van der Waals surface area contributed by atoms with Gasteiger partial charge in [-0.15, -0.1) is 0 Å². The first kappa shape index (κ1) is 14.4. The molecule has 0 atom stereocenters. The van der Waals surface area contributed by atoms with E-state index in [1.54, 1.807) is 0 Å². The Morgan fingerprint density at radius 1 is 1.37 bits per heavy atom. The van der Waals surface area contributed by atoms with Gasteiger partial charge >= 0.3 is 0 Å². The molecule has 1 saturated carbocycles. The van der Waals surface area contributed by atoms with Crippen LogP contribution in [0.3, 0.4) is 0 Å². The van der Waals surface area contributed by atoms with E-state index in [1.807, 2.05) is 6.92 Å². The number of nitrogens with two attached hydrogens (primary N) is 1. The summed E-state index contributed by atoms with van der Waals surface area (Å²) in [6, 6.07) is 1.77. The van der Waals surface area contributed by atoms with Gasteiger partial charge in [-0.25, -0.2) is 21.9 Å². The Kier molecular flexibility index (Phi) is 3.89. The molecule has 1 aliphatic rings. The minimum Gasteiger partial charge on any atom is -0.326 e. The zero-order chi connectivity index (χ0) is 14.2. The lowest BCUT2D eigenvalue weighted by Crippen LogP contribution is -2.43. The summed E-state index contributed by atoms with van der Waals surface area (Å²) in [6.45, 7) is 1.94. The van der Waals surface area contributed by atoms with Gasteiger partial charge in [0.25, 0.3) is 0 Å². The first-order chi connectivity index (χ1) is 8.83. The molecule has 1 fully saturated rings. The van der Waals surface area contributed by atoms with Crippen molar-refractivity contribution in [3.05, 3.63) is 29.3 Å². The maximum atomic E-state index is 13.6. The van der Waals surface area contributed by atoms with Crippen molar-refractivity contribution in [3.63, 3.8) is 0 Å². The van der Waals surface area contributed by atoms with Crippen LogP contribution < -0.4 is 10.5 Å². The van der Waals surface area contributed by atoms with Crippen molar-refractivity contribution in [2.75, 3.05) is 0 Å². The molecule has 0 amide bonds. The summed E-state index contributed by atoms with van der Waals surface area (Å²) in [4.78, 5) is -0.674. The molecule has 2 rings (SSSR count). The van der Waals surface area contributed by atoms with E-state index in [0.29, 0.717) is 18.8 Å². The van der Waals surface area contributed by atoms with Gasteiger partial charge in [-0.1, -0.05) is 6.92 Å². The molecule has 0 bridgehead atoms. The molecule has 0 unspecified atom stereocenters. The lowest BCUT2D eigenvalue weighted by Gasteiger charge is -2.32. The van der Waals surface area contributed by atoms with E-state index >= 15 is 0 Å². The Balaban J connectivity index is 2.31. The van der Waals surface area contributed by atoms with Crippen LogP contribution in [0, 0.1) is 17.6 Å². The first-order valence-electron chi connectivity index (χ1n) is 6.04. The standard InChI is InChI=1S/C12H16F2N2O2S/c1-7-2-9(3-7)16-19(17,18)11-5-8(6-15)4-10(13)12(11)14/h4-5,7,9,16H,2-3,6,15H2,1H3. The summed E-state index contributed by atoms with van der Waals surface area (Å²) in [5.74, 6) is -2.12. The predicted octanol–water partition coefficient (Wildman–Crippen LogP) is 1.50. The first-order valence-corrected chi connectivity index (χ1v) is 7.52. The Morgan fingerprint density at radius 2 is 2.00 bits per heavy atom. The molecule has 3 N–H and O–H groups in total. The van der Waals surface area contributed by atoms with E-state index in [1.165, 1.54) is 0 Å². The van der Waals surface area contributed by atoms with Crippen LogP contribution in [0.25, 0.3) is 0 Å². The summed E-state index contributed by atoms with van der Waals surface area (Å²) < 4.78 is 53.4. The summed E-state index contributed by atoms with van der Waals surface area (Å²) in [5.41, 5.74) is 5.57. The van der Waals surface area contributed by atoms with Gasteiger partial charge in [0.05, 0.1) is 0 Å². The highest BCUT2D eigenvalue weighted by molar-refractivity contribution is 7.89. The number of sulfonamides is 1. The fourth-order valence-corrected chi connectivity index (χ4v) is 3.61. The van der Waals surface area contributed by atoms with Crippen molar-refractivity contribution in [2.45, 2.75) is 37.2 Å². The summed E-state index contributed by atoms with van der Waals surface area (Å²) in [5, 5.41) is 0. The molecule has 1 aliphatic carbocycles. The van der Waals surface area contributed by atoms with Crippen molar-refractivity contribution < 1.29 is 17.2 Å². The number of halogens is 2. The highest BCUT2D eigenvalue weighted by atomic mass is 32.2. The van der Waals surface area contributed by atoms with Crippen LogP contribution >= 0.6 is 0 Å². The van der Waals surface area contributed by atoms with E-state index in [0.717, 1.165) is 12.1 Å². The Hall–Kier alpha value is -1.05. The van der Waals surface area contributed by atoms with Gasteiger partial charge in [0.15, 0.2) is 11.6 Å². The molecular weight excluding hydrogens is 274 g/mol. The SMILES string of the molecule is CC1CC(NS(=O)(=O)c2cc(CN)cc(F)c2F)C1. The van der Waals surface area contributed by atoms with Crippen LogP contribution in [-0.4, -0.2) is 14.5 Å². The lowest BCUT2D eigenvalue weighted by atomic mass is 9.83. The quantitative estimate of drug-likeness (QED) is 0.882. The topological polar surface area (TPSA) is 72.2 Å². The van der Waals surface area contributed by atoms with E-state index in [9.17, 15) is 17.2 Å². The third kappa shape index (κ3) is 2.93. The molecule has 4 nitrogen and oxygen atoms in total. The molecule has 1 aromatic rings. The van der Waals surface area contributed by atoms with Crippen LogP contribution in [0.1, 0.15) is 25.3 Å². The highest BCUT2D eigenvalue weighted by Crippen LogP contribution is 2.28. The normalized spacial score (nSPS) is 23.2. The van der Waals surface area contributed by atoms with Gasteiger partial charge in [-0.2, -0.15) is 0 Å². The molecule has 0 aromatic heterocycles. The van der Waals surface area contributed by atoms with Gasteiger partial charge in [0.1, 0.15) is 4.90 Å². The molecule has 0 aliphatic heterocycles. The highest BCUT2D eigenvalue weighted by Gasteiger charge is 2.31. The van der Waals surface area contributed by atoms with Crippen LogP contribution in [0.4, 0.5) is 8.78 Å². The molecule has 0 radical (unpaired) electrons. The minimum absolute atomic E-state index is 0.0554. The Morgan fingerprint density at radius 3 is 2.53 bits per heavy atom. The number of nitrogens with one attached hydrogen (secondary N) is 1. The molecular formula is C12H16F2N2O2S. The minimum atomic E-state index is -4.05. The van der Waals surface area contributed by atoms with E-state index in [2.05, 4.69) is 4.72 Å². The van der Waals surface area contributed by atoms with Crippen LogP contribution in [-0.2, 0) is 16.6 Å². The Bertz CT molecular complexity index is 584. The average molecular weight is 290 g/mol. The van der Waals surface area contributed by atoms with E-state index < -0.39 is 26.6 Å². The molecule has 19 heavy (non-hydrogen) atoms. The maximum absolute atomic E-state index is 13.6. The third-order valence-corrected chi connectivity index (χ3v) is 4.80. The second-order valence-electron chi connectivity index (χ2n) is 4.99. The van der Waals surface area contributed by atoms with Crippen molar-refractivity contribution in [2.24, 2.45) is 11.7 Å². The number of rotatable bonds is 4. The zero-order valence-corrected chi connectivity index (χ0v) is 11.3. The summed E-state index contributed by atoms with van der Waals surface area (Å²) >= 11 is 0. The van der Waals surface area contributed by atoms with Gasteiger partial charge in [-0.05, 0) is 36.5 Å². The largest absolute Gasteiger partial charge is 0.326 e. The number of hydrogen-bond acceptors (Lipinski definition) is 3. The van der Waals surface area contributed by atoms with E-state index in [-0.39, 0.29) is 18.2 Å². The second-order valence-corrected chi connectivity index (χ2v) is 6.67. The van der Waals surface area contributed by atoms with Gasteiger partial charge in [-0.3, -0.25) is 0 Å². The second kappa shape index (κ2) is 5.15. The van der Waals surface area contributed by atoms with Crippen molar-refractivity contribution in [1.29, 1.82) is 0 Å². The summed E-state index contributed by atoms with van der Waals surface area (Å²) in [6.07, 6.45) is 1.42. The maximum Gasteiger partial charge on any atom is 0.243 e. The smallest absolute Gasteiger partial charge is 0.243 e. The van der Waals surface area contributed by atoms with E-state index in [4.69, 9.17) is 5.73 Å². The summed E-state index contributed by atoms with van der Waals surface area (Å²) in [7, 11) is -4.05. The van der Waals surface area contributed by atoms with Crippen LogP contribution in [0.2, 0.25) is 0 Å². The van der Waals surface area contributed by atoms with Crippen molar-refractivity contribution >= 4 is 10.0 Å². The van der Waals surface area contributed by atoms with Crippen molar-refractivity contribution in [1.82, 2.24) is 4.72 Å². The number of hydrogen-bond donors (Lipinski definition) is 2. The zero-order valence-electron chi connectivity index (χ0n) is 10.5. The predicted molar refractivity (Wildman–Crippen MR) is 66.8 cm³/mol. The van der Waals surface area contributed by atoms with Crippen LogP contribution in [0.15, 0.2) is 17.0 Å².